The fourth-order valence-corrected chi connectivity index (χ4v) is 4.45. The van der Waals surface area contributed by atoms with Crippen molar-refractivity contribution in [3.05, 3.63) is 11.4 Å². The molecule has 1 unspecified atom stereocenters. The topological polar surface area (TPSA) is 57.0 Å². The first-order valence-electron chi connectivity index (χ1n) is 12.2. The molecular formula is C24H43N3O2. The van der Waals surface area contributed by atoms with Gasteiger partial charge in [0.2, 0.25) is 0 Å². The molecule has 0 saturated carbocycles. The zero-order chi connectivity index (χ0) is 20.7. The number of carbonyl (C=O) groups excluding carboxylic acids is 1. The van der Waals surface area contributed by atoms with Gasteiger partial charge in [-0.15, -0.1) is 5.10 Å². The van der Waals surface area contributed by atoms with Crippen LogP contribution in [0.15, 0.2) is 0 Å². The summed E-state index contributed by atoms with van der Waals surface area (Å²) in [6, 6.07) is 0. The summed E-state index contributed by atoms with van der Waals surface area (Å²) in [6.07, 6.45) is 21.7. The van der Waals surface area contributed by atoms with Crippen LogP contribution < -0.4 is 0 Å². The van der Waals surface area contributed by atoms with Gasteiger partial charge >= 0.3 is 5.97 Å². The quantitative estimate of drug-likeness (QED) is 0.249. The zero-order valence-electron chi connectivity index (χ0n) is 19.0. The Balaban J connectivity index is 1.45. The van der Waals surface area contributed by atoms with Crippen molar-refractivity contribution in [2.75, 3.05) is 7.11 Å². The molecule has 1 aliphatic carbocycles. The molecule has 0 saturated heterocycles. The molecule has 1 aromatic heterocycles. The minimum Gasteiger partial charge on any atom is -0.469 e. The Labute approximate surface area is 178 Å². The molecule has 1 atom stereocenters. The first-order chi connectivity index (χ1) is 14.3. The molecule has 1 heterocycles. The molecule has 5 nitrogen and oxygen atoms in total. The number of nitrogens with zero attached hydrogens (tertiary/aromatic N) is 3. The van der Waals surface area contributed by atoms with Crippen LogP contribution in [0.25, 0.3) is 0 Å². The van der Waals surface area contributed by atoms with E-state index in [-0.39, 0.29) is 11.9 Å². The predicted octanol–water partition coefficient (Wildman–Crippen LogP) is 6.04. The van der Waals surface area contributed by atoms with E-state index in [0.717, 1.165) is 25.1 Å². The minimum atomic E-state index is -0.114. The molecular weight excluding hydrogens is 362 g/mol. The van der Waals surface area contributed by atoms with Gasteiger partial charge in [-0.2, -0.15) is 0 Å². The Bertz CT molecular complexity index is 570. The van der Waals surface area contributed by atoms with Crippen LogP contribution in [0.1, 0.15) is 115 Å². The zero-order valence-corrected chi connectivity index (χ0v) is 19.0. The van der Waals surface area contributed by atoms with Crippen molar-refractivity contribution in [1.29, 1.82) is 0 Å². The molecule has 0 fully saturated rings. The summed E-state index contributed by atoms with van der Waals surface area (Å²) in [5.74, 6) is -0.157. The van der Waals surface area contributed by atoms with Gasteiger partial charge in [-0.1, -0.05) is 95.6 Å². The number of hydrogen-bond acceptors (Lipinski definition) is 4. The third-order valence-corrected chi connectivity index (χ3v) is 6.35. The number of ether oxygens (including phenoxy) is 1. The number of rotatable bonds is 16. The highest BCUT2D eigenvalue weighted by molar-refractivity contribution is 5.72. The van der Waals surface area contributed by atoms with E-state index in [1.165, 1.54) is 103 Å². The maximum Gasteiger partial charge on any atom is 0.309 e. The Morgan fingerprint density at radius 2 is 1.48 bits per heavy atom. The van der Waals surface area contributed by atoms with Crippen molar-refractivity contribution in [3.63, 3.8) is 0 Å². The molecule has 0 bridgehead atoms. The van der Waals surface area contributed by atoms with Crippen LogP contribution in [-0.2, 0) is 28.9 Å². The lowest BCUT2D eigenvalue weighted by Crippen LogP contribution is -2.24. The van der Waals surface area contributed by atoms with E-state index in [1.54, 1.807) is 0 Å². The average molecular weight is 406 g/mol. The Morgan fingerprint density at radius 1 is 0.931 bits per heavy atom. The summed E-state index contributed by atoms with van der Waals surface area (Å²) in [5.41, 5.74) is 2.23. The number of esters is 1. The van der Waals surface area contributed by atoms with Gasteiger partial charge in [0.15, 0.2) is 0 Å². The van der Waals surface area contributed by atoms with Gasteiger partial charge in [-0.05, 0) is 19.3 Å². The second-order valence-corrected chi connectivity index (χ2v) is 8.77. The largest absolute Gasteiger partial charge is 0.469 e. The van der Waals surface area contributed by atoms with E-state index in [4.69, 9.17) is 4.74 Å². The average Bonchev–Trinajstić information content (AvgIpc) is 3.15. The molecule has 0 amide bonds. The number of aromatic nitrogens is 3. The monoisotopic (exact) mass is 405 g/mol. The van der Waals surface area contributed by atoms with Crippen LogP contribution in [0, 0.1) is 5.92 Å². The fourth-order valence-electron chi connectivity index (χ4n) is 4.45. The first kappa shape index (κ1) is 23.9. The van der Waals surface area contributed by atoms with E-state index in [0.29, 0.717) is 6.42 Å². The lowest BCUT2D eigenvalue weighted by Gasteiger charge is -2.19. The number of hydrogen-bond donors (Lipinski definition) is 0. The Morgan fingerprint density at radius 3 is 2.03 bits per heavy atom. The highest BCUT2D eigenvalue weighted by atomic mass is 16.5. The van der Waals surface area contributed by atoms with Gasteiger partial charge in [0.1, 0.15) is 0 Å². The van der Waals surface area contributed by atoms with Crippen LogP contribution in [0.5, 0.6) is 0 Å². The van der Waals surface area contributed by atoms with Crippen molar-refractivity contribution < 1.29 is 9.53 Å². The second-order valence-electron chi connectivity index (χ2n) is 8.77. The van der Waals surface area contributed by atoms with Crippen molar-refractivity contribution in [2.45, 2.75) is 123 Å². The summed E-state index contributed by atoms with van der Waals surface area (Å²) in [7, 11) is 1.46. The van der Waals surface area contributed by atoms with E-state index in [1.807, 2.05) is 0 Å². The molecule has 5 heteroatoms. The summed E-state index contributed by atoms with van der Waals surface area (Å²) >= 11 is 0. The van der Waals surface area contributed by atoms with Crippen molar-refractivity contribution in [3.8, 4) is 0 Å². The molecule has 0 radical (unpaired) electrons. The van der Waals surface area contributed by atoms with E-state index < -0.39 is 0 Å². The normalized spacial score (nSPS) is 16.0. The highest BCUT2D eigenvalue weighted by Gasteiger charge is 2.28. The number of carbonyl (C=O) groups is 1. The van der Waals surface area contributed by atoms with Gasteiger partial charge in [0.25, 0.3) is 0 Å². The summed E-state index contributed by atoms with van der Waals surface area (Å²) in [5, 5.41) is 8.64. The number of aryl methyl sites for hydroxylation is 1. The van der Waals surface area contributed by atoms with Crippen LogP contribution in [0.3, 0.4) is 0 Å². The molecule has 29 heavy (non-hydrogen) atoms. The van der Waals surface area contributed by atoms with Gasteiger partial charge in [-0.25, -0.2) is 4.68 Å². The smallest absolute Gasteiger partial charge is 0.309 e. The summed E-state index contributed by atoms with van der Waals surface area (Å²) in [4.78, 5) is 11.7. The standard InChI is InChI=1S/C24H43N3O2/c1-3-4-5-6-7-8-9-10-11-12-13-14-15-16-19-27-23-18-17-21(24(28)29-2)20-22(23)25-26-27/h21H,3-20H2,1-2H3. The molecule has 1 aliphatic rings. The summed E-state index contributed by atoms with van der Waals surface area (Å²) < 4.78 is 6.95. The molecule has 2 rings (SSSR count). The Hall–Kier alpha value is -1.39. The second kappa shape index (κ2) is 14.6. The third-order valence-electron chi connectivity index (χ3n) is 6.35. The van der Waals surface area contributed by atoms with Crippen molar-refractivity contribution >= 4 is 5.97 Å². The lowest BCUT2D eigenvalue weighted by atomic mass is 9.90. The van der Waals surface area contributed by atoms with Crippen LogP contribution in [-0.4, -0.2) is 28.1 Å². The van der Waals surface area contributed by atoms with E-state index >= 15 is 0 Å². The maximum atomic E-state index is 11.7. The summed E-state index contributed by atoms with van der Waals surface area (Å²) in [6.45, 7) is 3.24. The third kappa shape index (κ3) is 8.88. The molecule has 1 aromatic rings. The SMILES string of the molecule is CCCCCCCCCCCCCCCCn1nnc2c1CCC(C(=O)OC)C2. The van der Waals surface area contributed by atoms with Gasteiger partial charge < -0.3 is 4.74 Å². The number of fused-ring (bicyclic) bond motifs is 1. The van der Waals surface area contributed by atoms with Gasteiger partial charge in [0.05, 0.1) is 24.4 Å². The van der Waals surface area contributed by atoms with Crippen LogP contribution in [0.4, 0.5) is 0 Å². The highest BCUT2D eigenvalue weighted by Crippen LogP contribution is 2.25. The van der Waals surface area contributed by atoms with Crippen LogP contribution >= 0.6 is 0 Å². The molecule has 166 valence electrons. The van der Waals surface area contributed by atoms with E-state index in [9.17, 15) is 4.79 Å². The molecule has 0 aliphatic heterocycles. The fraction of sp³-hybridized carbons (Fsp3) is 0.875. The van der Waals surface area contributed by atoms with Crippen molar-refractivity contribution in [2.24, 2.45) is 5.92 Å². The van der Waals surface area contributed by atoms with Crippen LogP contribution in [0.2, 0.25) is 0 Å². The van der Waals surface area contributed by atoms with E-state index in [2.05, 4.69) is 21.9 Å². The minimum absolute atomic E-state index is 0.0429. The predicted molar refractivity (Wildman–Crippen MR) is 118 cm³/mol. The number of methoxy groups -OCH3 is 1. The molecule has 0 N–H and O–H groups in total. The molecule has 0 aromatic carbocycles. The van der Waals surface area contributed by atoms with Crippen molar-refractivity contribution in [1.82, 2.24) is 15.0 Å². The Kier molecular flexibility index (Phi) is 12.0. The molecule has 0 spiro atoms. The van der Waals surface area contributed by atoms with Gasteiger partial charge in [0, 0.05) is 13.0 Å². The maximum absolute atomic E-state index is 11.7. The first-order valence-corrected chi connectivity index (χ1v) is 12.2. The lowest BCUT2D eigenvalue weighted by molar-refractivity contribution is -0.145. The van der Waals surface area contributed by atoms with Gasteiger partial charge in [-0.3, -0.25) is 4.79 Å². The number of unbranched alkanes of at least 4 members (excludes halogenated alkanes) is 13.